The molecule has 1 amide bonds. The Kier molecular flexibility index (Phi) is 6.19. The molecule has 3 aliphatic heterocycles. The van der Waals surface area contributed by atoms with E-state index < -0.39 is 29.1 Å². The Labute approximate surface area is 207 Å². The van der Waals surface area contributed by atoms with E-state index in [9.17, 15) is 14.9 Å². The molecule has 0 radical (unpaired) electrons. The molecule has 0 saturated carbocycles. The highest BCUT2D eigenvalue weighted by Crippen LogP contribution is 2.45. The molecule has 1 aromatic carbocycles. The zero-order valence-electron chi connectivity index (χ0n) is 20.3. The number of carbonyl (C=O) groups is 1. The standard InChI is InChI=1S/C24H27N5O7/c1-32-15-10-13(11-16(33-2)19(15)34-3)17-14(12-25)21(30)26-20-18(17)22(31)28-23(27-20)29-6-4-24(5-7-29)35-8-9-36-24/h10-11,14,17H,4-9H2,1-3H3,(H2,26,27,28,30,31). The quantitative estimate of drug-likeness (QED) is 0.620. The van der Waals surface area contributed by atoms with E-state index in [1.54, 1.807) is 12.1 Å². The van der Waals surface area contributed by atoms with Crippen molar-refractivity contribution in [2.75, 3.05) is 57.8 Å². The van der Waals surface area contributed by atoms with Gasteiger partial charge in [0.15, 0.2) is 17.3 Å². The topological polar surface area (TPSA) is 148 Å². The number of amides is 1. The number of hydrogen-bond donors (Lipinski definition) is 2. The second-order valence-corrected chi connectivity index (χ2v) is 8.78. The van der Waals surface area contributed by atoms with Gasteiger partial charge in [0.1, 0.15) is 11.7 Å². The number of aromatic amines is 1. The fraction of sp³-hybridized carbons (Fsp3) is 0.500. The van der Waals surface area contributed by atoms with Gasteiger partial charge in [0.25, 0.3) is 5.56 Å². The summed E-state index contributed by atoms with van der Waals surface area (Å²) in [5.74, 6) is -1.67. The van der Waals surface area contributed by atoms with E-state index in [0.717, 1.165) is 0 Å². The van der Waals surface area contributed by atoms with E-state index in [1.807, 2.05) is 11.0 Å². The number of rotatable bonds is 5. The largest absolute Gasteiger partial charge is 0.493 e. The van der Waals surface area contributed by atoms with Gasteiger partial charge in [-0.1, -0.05) is 0 Å². The number of nitriles is 1. The van der Waals surface area contributed by atoms with Crippen molar-refractivity contribution in [2.45, 2.75) is 24.5 Å². The Hall–Kier alpha value is -3.82. The van der Waals surface area contributed by atoms with E-state index in [1.165, 1.54) is 21.3 Å². The number of ether oxygens (including phenoxy) is 5. The fourth-order valence-corrected chi connectivity index (χ4v) is 5.13. The molecule has 12 heteroatoms. The molecule has 2 saturated heterocycles. The summed E-state index contributed by atoms with van der Waals surface area (Å²) in [7, 11) is 4.41. The number of H-pyrrole nitrogens is 1. The summed E-state index contributed by atoms with van der Waals surface area (Å²) in [6.07, 6.45) is 1.26. The molecule has 4 heterocycles. The average molecular weight is 498 g/mol. The highest BCUT2D eigenvalue weighted by atomic mass is 16.7. The Bertz CT molecular complexity index is 1250. The lowest BCUT2D eigenvalue weighted by molar-refractivity contribution is -0.169. The molecule has 3 aliphatic rings. The maximum Gasteiger partial charge on any atom is 0.258 e. The number of benzene rings is 1. The second kappa shape index (κ2) is 9.33. The lowest BCUT2D eigenvalue weighted by Crippen LogP contribution is -2.46. The predicted molar refractivity (Wildman–Crippen MR) is 127 cm³/mol. The molecule has 2 aromatic rings. The summed E-state index contributed by atoms with van der Waals surface area (Å²) in [4.78, 5) is 35.8. The zero-order valence-corrected chi connectivity index (χ0v) is 20.3. The van der Waals surface area contributed by atoms with Crippen molar-refractivity contribution in [1.29, 1.82) is 5.26 Å². The molecule has 2 N–H and O–H groups in total. The molecule has 1 spiro atoms. The molecule has 190 valence electrons. The first-order chi connectivity index (χ1) is 17.4. The molecule has 36 heavy (non-hydrogen) atoms. The predicted octanol–water partition coefficient (Wildman–Crippen LogP) is 1.36. The summed E-state index contributed by atoms with van der Waals surface area (Å²) < 4.78 is 27.8. The molecule has 0 aliphatic carbocycles. The van der Waals surface area contributed by atoms with Gasteiger partial charge in [-0.15, -0.1) is 0 Å². The van der Waals surface area contributed by atoms with Crippen LogP contribution in [0.2, 0.25) is 0 Å². The van der Waals surface area contributed by atoms with Gasteiger partial charge < -0.3 is 33.9 Å². The highest BCUT2D eigenvalue weighted by molar-refractivity contribution is 5.98. The number of methoxy groups -OCH3 is 3. The summed E-state index contributed by atoms with van der Waals surface area (Å²) in [6.45, 7) is 2.27. The average Bonchev–Trinajstić information content (AvgIpc) is 3.34. The van der Waals surface area contributed by atoms with E-state index in [4.69, 9.17) is 23.7 Å². The minimum atomic E-state index is -1.17. The van der Waals surface area contributed by atoms with Crippen LogP contribution in [0.5, 0.6) is 17.2 Å². The Morgan fingerprint density at radius 1 is 1.08 bits per heavy atom. The van der Waals surface area contributed by atoms with E-state index >= 15 is 0 Å². The fourth-order valence-electron chi connectivity index (χ4n) is 5.13. The Morgan fingerprint density at radius 2 is 1.72 bits per heavy atom. The lowest BCUT2D eigenvalue weighted by Gasteiger charge is -2.38. The van der Waals surface area contributed by atoms with Crippen molar-refractivity contribution >= 4 is 17.7 Å². The van der Waals surface area contributed by atoms with Crippen LogP contribution in [0, 0.1) is 17.2 Å². The summed E-state index contributed by atoms with van der Waals surface area (Å²) in [5, 5.41) is 12.5. The molecular formula is C24H27N5O7. The van der Waals surface area contributed by atoms with E-state index in [2.05, 4.69) is 15.3 Å². The molecule has 2 atom stereocenters. The van der Waals surface area contributed by atoms with Crippen LogP contribution in [-0.2, 0) is 14.3 Å². The molecule has 2 unspecified atom stereocenters. The molecule has 0 bridgehead atoms. The number of carbonyl (C=O) groups excluding carboxylic acids is 1. The molecular weight excluding hydrogens is 470 g/mol. The second-order valence-electron chi connectivity index (χ2n) is 8.78. The van der Waals surface area contributed by atoms with Crippen LogP contribution in [0.1, 0.15) is 29.9 Å². The minimum absolute atomic E-state index is 0.123. The van der Waals surface area contributed by atoms with E-state index in [-0.39, 0.29) is 11.4 Å². The summed E-state index contributed by atoms with van der Waals surface area (Å²) in [6, 6.07) is 5.31. The number of anilines is 2. The monoisotopic (exact) mass is 497 g/mol. The van der Waals surface area contributed by atoms with Crippen LogP contribution in [0.3, 0.4) is 0 Å². The van der Waals surface area contributed by atoms with Crippen LogP contribution in [0.4, 0.5) is 11.8 Å². The van der Waals surface area contributed by atoms with Crippen LogP contribution in [0.25, 0.3) is 0 Å². The van der Waals surface area contributed by atoms with Gasteiger partial charge in [0.05, 0.1) is 46.2 Å². The van der Waals surface area contributed by atoms with Crippen molar-refractivity contribution < 1.29 is 28.5 Å². The van der Waals surface area contributed by atoms with Crippen molar-refractivity contribution in [2.24, 2.45) is 5.92 Å². The molecule has 1 aromatic heterocycles. The first-order valence-electron chi connectivity index (χ1n) is 11.6. The van der Waals surface area contributed by atoms with Crippen molar-refractivity contribution in [3.63, 3.8) is 0 Å². The van der Waals surface area contributed by atoms with Gasteiger partial charge in [0, 0.05) is 31.8 Å². The summed E-state index contributed by atoms with van der Waals surface area (Å²) in [5.41, 5.74) is 0.236. The highest BCUT2D eigenvalue weighted by Gasteiger charge is 2.43. The third-order valence-corrected chi connectivity index (χ3v) is 6.93. The third-order valence-electron chi connectivity index (χ3n) is 6.93. The van der Waals surface area contributed by atoms with Gasteiger partial charge in [-0.2, -0.15) is 10.2 Å². The van der Waals surface area contributed by atoms with Gasteiger partial charge in [-0.25, -0.2) is 0 Å². The molecule has 12 nitrogen and oxygen atoms in total. The van der Waals surface area contributed by atoms with Gasteiger partial charge in [0.2, 0.25) is 17.6 Å². The van der Waals surface area contributed by atoms with Gasteiger partial charge in [-0.3, -0.25) is 14.6 Å². The lowest BCUT2D eigenvalue weighted by atomic mass is 9.79. The maximum atomic E-state index is 13.4. The van der Waals surface area contributed by atoms with Crippen LogP contribution < -0.4 is 30.0 Å². The normalized spacial score (nSPS) is 22.5. The smallest absolute Gasteiger partial charge is 0.258 e. The molecule has 2 fully saturated rings. The number of piperidine rings is 1. The van der Waals surface area contributed by atoms with Crippen molar-refractivity contribution in [3.8, 4) is 23.3 Å². The first-order valence-corrected chi connectivity index (χ1v) is 11.6. The SMILES string of the molecule is COc1cc(C2c3c(nc(N4CCC5(CC4)OCCO5)[nH]c3=O)NC(=O)C2C#N)cc(OC)c1OC. The number of fused-ring (bicyclic) bond motifs is 1. The number of aromatic nitrogens is 2. The van der Waals surface area contributed by atoms with Crippen LogP contribution in [-0.4, -0.2) is 69.3 Å². The number of hydrogen-bond acceptors (Lipinski definition) is 10. The van der Waals surface area contributed by atoms with Crippen molar-refractivity contribution in [3.05, 3.63) is 33.6 Å². The molecule has 5 rings (SSSR count). The van der Waals surface area contributed by atoms with E-state index in [0.29, 0.717) is 67.9 Å². The number of nitrogens with zero attached hydrogens (tertiary/aromatic N) is 3. The van der Waals surface area contributed by atoms with Crippen molar-refractivity contribution in [1.82, 2.24) is 9.97 Å². The zero-order chi connectivity index (χ0) is 25.4. The number of nitrogens with one attached hydrogen (secondary N) is 2. The Balaban J connectivity index is 1.56. The third kappa shape index (κ3) is 3.90. The van der Waals surface area contributed by atoms with Gasteiger partial charge >= 0.3 is 0 Å². The van der Waals surface area contributed by atoms with Gasteiger partial charge in [-0.05, 0) is 17.7 Å². The van der Waals surface area contributed by atoms with Crippen LogP contribution >= 0.6 is 0 Å². The first kappa shape index (κ1) is 23.9. The summed E-state index contributed by atoms with van der Waals surface area (Å²) >= 11 is 0. The minimum Gasteiger partial charge on any atom is -0.493 e. The maximum absolute atomic E-state index is 13.4. The Morgan fingerprint density at radius 3 is 2.28 bits per heavy atom. The van der Waals surface area contributed by atoms with Crippen LogP contribution in [0.15, 0.2) is 16.9 Å².